The molecule has 0 amide bonds. The number of aliphatic hydroxyl groups is 1. The lowest BCUT2D eigenvalue weighted by Gasteiger charge is -2.61. The van der Waals surface area contributed by atoms with Crippen LogP contribution < -0.4 is 0 Å². The van der Waals surface area contributed by atoms with Crippen LogP contribution >= 0.6 is 0 Å². The van der Waals surface area contributed by atoms with Crippen molar-refractivity contribution < 1.29 is 19.4 Å². The fourth-order valence-electron chi connectivity index (χ4n) is 6.13. The van der Waals surface area contributed by atoms with Crippen LogP contribution in [0.5, 0.6) is 0 Å². The Morgan fingerprint density at radius 3 is 2.68 bits per heavy atom. The number of fused-ring (bicyclic) bond motifs is 1. The molecular formula is C21H26O4. The largest absolute Gasteiger partial charge is 0.469 e. The van der Waals surface area contributed by atoms with Crippen LogP contribution in [0.1, 0.15) is 44.3 Å². The van der Waals surface area contributed by atoms with Crippen LogP contribution in [-0.4, -0.2) is 24.0 Å². The minimum absolute atomic E-state index is 0.0912. The molecule has 0 saturated heterocycles. The zero-order valence-corrected chi connectivity index (χ0v) is 14.9. The van der Waals surface area contributed by atoms with Gasteiger partial charge in [-0.2, -0.15) is 0 Å². The number of Topliss-reactive ketones (excluding diaryl/α,β-unsaturated/α-hetero) is 1. The summed E-state index contributed by atoms with van der Waals surface area (Å²) >= 11 is 0. The molecule has 134 valence electrons. The highest BCUT2D eigenvalue weighted by Crippen LogP contribution is 2.64. The third-order valence-corrected chi connectivity index (χ3v) is 7.29. The summed E-state index contributed by atoms with van der Waals surface area (Å²) in [5.74, 6) is -0.113. The summed E-state index contributed by atoms with van der Waals surface area (Å²) in [5.41, 5.74) is -0.172. The van der Waals surface area contributed by atoms with Crippen LogP contribution in [0, 0.1) is 35.0 Å². The highest BCUT2D eigenvalue weighted by Gasteiger charge is 2.67. The molecule has 4 heteroatoms. The maximum atomic E-state index is 13.5. The van der Waals surface area contributed by atoms with Gasteiger partial charge in [-0.3, -0.25) is 9.59 Å². The van der Waals surface area contributed by atoms with E-state index in [4.69, 9.17) is 4.74 Å². The Morgan fingerprint density at radius 1 is 1.28 bits per heavy atom. The first kappa shape index (κ1) is 16.8. The fourth-order valence-corrected chi connectivity index (χ4v) is 6.13. The van der Waals surface area contributed by atoms with E-state index in [0.29, 0.717) is 5.92 Å². The molecule has 0 radical (unpaired) electrons. The summed E-state index contributed by atoms with van der Waals surface area (Å²) in [4.78, 5) is 26.1. The van der Waals surface area contributed by atoms with Gasteiger partial charge in [0.25, 0.3) is 0 Å². The zero-order valence-electron chi connectivity index (χ0n) is 14.9. The number of carbonyl (C=O) groups excluding carboxylic acids is 2. The Kier molecular flexibility index (Phi) is 3.99. The van der Waals surface area contributed by atoms with Crippen molar-refractivity contribution in [3.05, 3.63) is 35.9 Å². The molecule has 4 aliphatic carbocycles. The van der Waals surface area contributed by atoms with E-state index in [2.05, 4.69) is 0 Å². The van der Waals surface area contributed by atoms with Crippen LogP contribution in [0.2, 0.25) is 0 Å². The average Bonchev–Trinajstić information content (AvgIpc) is 2.64. The van der Waals surface area contributed by atoms with E-state index in [-0.39, 0.29) is 35.4 Å². The van der Waals surface area contributed by atoms with Gasteiger partial charge in [0.05, 0.1) is 24.5 Å². The van der Waals surface area contributed by atoms with Crippen molar-refractivity contribution in [2.45, 2.75) is 38.7 Å². The summed E-state index contributed by atoms with van der Waals surface area (Å²) in [6.45, 7) is 1.87. The zero-order chi connectivity index (χ0) is 17.8. The van der Waals surface area contributed by atoms with Crippen molar-refractivity contribution in [3.8, 4) is 0 Å². The second-order valence-electron chi connectivity index (χ2n) is 8.23. The Hall–Kier alpha value is -1.68. The van der Waals surface area contributed by atoms with E-state index in [9.17, 15) is 14.7 Å². The molecule has 4 nitrogen and oxygen atoms in total. The molecule has 1 aromatic rings. The molecule has 1 unspecified atom stereocenters. The Morgan fingerprint density at radius 2 is 2.00 bits per heavy atom. The quantitative estimate of drug-likeness (QED) is 0.857. The molecule has 0 aliphatic heterocycles. The van der Waals surface area contributed by atoms with Crippen LogP contribution in [0.4, 0.5) is 0 Å². The normalized spacial score (nSPS) is 40.6. The lowest BCUT2D eigenvalue weighted by Crippen LogP contribution is -2.64. The smallest absolute Gasteiger partial charge is 0.309 e. The molecule has 4 fully saturated rings. The van der Waals surface area contributed by atoms with Gasteiger partial charge < -0.3 is 9.84 Å². The number of hydrogen-bond donors (Lipinski definition) is 1. The summed E-state index contributed by atoms with van der Waals surface area (Å²) in [6.07, 6.45) is 3.02. The second kappa shape index (κ2) is 5.94. The van der Waals surface area contributed by atoms with Crippen molar-refractivity contribution in [2.75, 3.05) is 7.11 Å². The van der Waals surface area contributed by atoms with E-state index < -0.39 is 11.5 Å². The van der Waals surface area contributed by atoms with Gasteiger partial charge in [0.2, 0.25) is 0 Å². The molecular weight excluding hydrogens is 316 g/mol. The van der Waals surface area contributed by atoms with Crippen LogP contribution in [0.15, 0.2) is 30.3 Å². The van der Waals surface area contributed by atoms with Gasteiger partial charge in [0.1, 0.15) is 5.78 Å². The third-order valence-electron chi connectivity index (χ3n) is 7.29. The summed E-state index contributed by atoms with van der Waals surface area (Å²) in [5, 5.41) is 11.2. The SMILES string of the molecule is COC(=O)[C@H]1[C@@H]2CCC[C@@H]3C[C@H]1[C@@](C)(C(O)c1ccccc1)C(=O)[C@@H]32. The lowest BCUT2D eigenvalue weighted by molar-refractivity contribution is -0.196. The van der Waals surface area contributed by atoms with E-state index in [1.54, 1.807) is 0 Å². The number of carbonyl (C=O) groups is 2. The van der Waals surface area contributed by atoms with Gasteiger partial charge >= 0.3 is 5.97 Å². The molecule has 5 rings (SSSR count). The molecule has 1 N–H and O–H groups in total. The molecule has 0 heterocycles. The number of rotatable bonds is 3. The van der Waals surface area contributed by atoms with E-state index in [1.165, 1.54) is 7.11 Å². The minimum atomic E-state index is -0.921. The van der Waals surface area contributed by atoms with Crippen molar-refractivity contribution >= 4 is 11.8 Å². The highest BCUT2D eigenvalue weighted by atomic mass is 16.5. The van der Waals surface area contributed by atoms with Gasteiger partial charge in [-0.1, -0.05) is 36.8 Å². The van der Waals surface area contributed by atoms with Gasteiger partial charge in [0.15, 0.2) is 0 Å². The molecule has 4 aliphatic rings. The van der Waals surface area contributed by atoms with E-state index in [0.717, 1.165) is 31.2 Å². The Labute approximate surface area is 148 Å². The topological polar surface area (TPSA) is 63.6 Å². The molecule has 4 saturated carbocycles. The molecule has 0 spiro atoms. The van der Waals surface area contributed by atoms with Gasteiger partial charge in [-0.05, 0) is 49.5 Å². The predicted molar refractivity (Wildman–Crippen MR) is 92.4 cm³/mol. The number of ether oxygens (including phenoxy) is 1. The van der Waals surface area contributed by atoms with E-state index in [1.807, 2.05) is 37.3 Å². The number of hydrogen-bond acceptors (Lipinski definition) is 4. The molecule has 4 bridgehead atoms. The van der Waals surface area contributed by atoms with Crippen LogP contribution in [0.3, 0.4) is 0 Å². The van der Waals surface area contributed by atoms with Gasteiger partial charge in [0, 0.05) is 5.92 Å². The van der Waals surface area contributed by atoms with E-state index >= 15 is 0 Å². The van der Waals surface area contributed by atoms with Crippen molar-refractivity contribution in [2.24, 2.45) is 35.0 Å². The Balaban J connectivity index is 1.79. The minimum Gasteiger partial charge on any atom is -0.469 e. The first-order valence-corrected chi connectivity index (χ1v) is 9.35. The lowest BCUT2D eigenvalue weighted by atomic mass is 9.41. The number of methoxy groups -OCH3 is 1. The first-order valence-electron chi connectivity index (χ1n) is 9.35. The number of benzene rings is 1. The summed E-state index contributed by atoms with van der Waals surface area (Å²) in [7, 11) is 1.43. The monoisotopic (exact) mass is 342 g/mol. The number of aliphatic hydroxyl groups excluding tert-OH is 1. The van der Waals surface area contributed by atoms with Crippen LogP contribution in [0.25, 0.3) is 0 Å². The van der Waals surface area contributed by atoms with Crippen molar-refractivity contribution in [1.29, 1.82) is 0 Å². The molecule has 1 aromatic carbocycles. The highest BCUT2D eigenvalue weighted by molar-refractivity contribution is 5.92. The number of esters is 1. The van der Waals surface area contributed by atoms with Crippen molar-refractivity contribution in [1.82, 2.24) is 0 Å². The average molecular weight is 342 g/mol. The summed E-state index contributed by atoms with van der Waals surface area (Å²) in [6, 6.07) is 9.37. The standard InChI is InChI=1S/C21H26O4/c1-21(18(22)12-7-4-3-5-8-12)15-11-13-9-6-10-14(16(13)19(21)23)17(15)20(24)25-2/h3-5,7-8,13-18,22H,6,9-11H2,1-2H3/t13-,14-,15-,16+,17+,18?,21+/m1/s1. The second-order valence-corrected chi connectivity index (χ2v) is 8.23. The maximum absolute atomic E-state index is 13.5. The third kappa shape index (κ3) is 2.23. The Bertz CT molecular complexity index is 684. The van der Waals surface area contributed by atoms with Crippen LogP contribution in [-0.2, 0) is 14.3 Å². The summed E-state index contributed by atoms with van der Waals surface area (Å²) < 4.78 is 5.12. The molecule has 25 heavy (non-hydrogen) atoms. The van der Waals surface area contributed by atoms with Crippen molar-refractivity contribution in [3.63, 3.8) is 0 Å². The molecule has 7 atom stereocenters. The first-order chi connectivity index (χ1) is 12.0. The number of ketones is 1. The van der Waals surface area contributed by atoms with Gasteiger partial charge in [-0.15, -0.1) is 0 Å². The molecule has 0 aromatic heterocycles. The van der Waals surface area contributed by atoms with Gasteiger partial charge in [-0.25, -0.2) is 0 Å². The fraction of sp³-hybridized carbons (Fsp3) is 0.619. The predicted octanol–water partition coefficient (Wildman–Crippen LogP) is 3.15. The maximum Gasteiger partial charge on any atom is 0.309 e.